The summed E-state index contributed by atoms with van der Waals surface area (Å²) < 4.78 is 0. The largest absolute Gasteiger partial charge is 0.314 e. The molecule has 1 saturated heterocycles. The van der Waals surface area contributed by atoms with Crippen molar-refractivity contribution in [2.45, 2.75) is 40.2 Å². The van der Waals surface area contributed by atoms with Crippen LogP contribution in [0.4, 0.5) is 0 Å². The van der Waals surface area contributed by atoms with Crippen molar-refractivity contribution < 1.29 is 0 Å². The third kappa shape index (κ3) is 2.96. The lowest BCUT2D eigenvalue weighted by Crippen LogP contribution is -2.58. The van der Waals surface area contributed by atoms with Gasteiger partial charge in [0, 0.05) is 50.1 Å². The van der Waals surface area contributed by atoms with Gasteiger partial charge in [0.25, 0.3) is 0 Å². The third-order valence-corrected chi connectivity index (χ3v) is 3.99. The molecule has 1 N–H and O–H groups in total. The molecule has 1 fully saturated rings. The third-order valence-electron chi connectivity index (χ3n) is 3.99. The summed E-state index contributed by atoms with van der Waals surface area (Å²) in [5.41, 5.74) is 4.06. The zero-order valence-corrected chi connectivity index (χ0v) is 11.6. The molecule has 0 spiro atoms. The van der Waals surface area contributed by atoms with Gasteiger partial charge in [-0.05, 0) is 25.3 Å². The lowest BCUT2D eigenvalue weighted by Gasteiger charge is -2.40. The molecule has 3 heteroatoms. The van der Waals surface area contributed by atoms with E-state index in [4.69, 9.17) is 4.99 Å². The van der Waals surface area contributed by atoms with Crippen LogP contribution in [-0.4, -0.2) is 42.8 Å². The fourth-order valence-electron chi connectivity index (χ4n) is 2.27. The lowest BCUT2D eigenvalue weighted by molar-refractivity contribution is 0.152. The Kier molecular flexibility index (Phi) is 4.00. The summed E-state index contributed by atoms with van der Waals surface area (Å²) in [6.07, 6.45) is 1.12. The van der Waals surface area contributed by atoms with Gasteiger partial charge in [-0.1, -0.05) is 13.8 Å². The average molecular weight is 235 g/mol. The SMILES string of the molecule is CC(=NC1=C(C)CN(C2CNC2)CC1)C(C)C. The van der Waals surface area contributed by atoms with Crippen molar-refractivity contribution in [3.8, 4) is 0 Å². The normalized spacial score (nSPS) is 24.4. The summed E-state index contributed by atoms with van der Waals surface area (Å²) in [7, 11) is 0. The van der Waals surface area contributed by atoms with Crippen molar-refractivity contribution in [1.29, 1.82) is 0 Å². The highest BCUT2D eigenvalue weighted by Gasteiger charge is 2.27. The van der Waals surface area contributed by atoms with E-state index >= 15 is 0 Å². The first-order chi connectivity index (χ1) is 8.08. The van der Waals surface area contributed by atoms with Crippen LogP contribution >= 0.6 is 0 Å². The number of aliphatic imine (C=N–C) groups is 1. The smallest absolute Gasteiger partial charge is 0.0417 e. The van der Waals surface area contributed by atoms with Crippen molar-refractivity contribution in [2.24, 2.45) is 10.9 Å². The Hall–Kier alpha value is -0.670. The molecule has 0 aromatic carbocycles. The van der Waals surface area contributed by atoms with Crippen LogP contribution in [0.2, 0.25) is 0 Å². The van der Waals surface area contributed by atoms with E-state index in [1.54, 1.807) is 0 Å². The monoisotopic (exact) mass is 235 g/mol. The van der Waals surface area contributed by atoms with Crippen molar-refractivity contribution in [1.82, 2.24) is 10.2 Å². The molecule has 0 aromatic heterocycles. The number of hydrogen-bond donors (Lipinski definition) is 1. The Bertz CT molecular complexity index is 337. The first-order valence-corrected chi connectivity index (χ1v) is 6.76. The average Bonchev–Trinajstić information content (AvgIpc) is 2.19. The minimum Gasteiger partial charge on any atom is -0.314 e. The van der Waals surface area contributed by atoms with E-state index in [1.807, 2.05) is 0 Å². The Morgan fingerprint density at radius 2 is 2.12 bits per heavy atom. The van der Waals surface area contributed by atoms with Gasteiger partial charge in [0.1, 0.15) is 0 Å². The van der Waals surface area contributed by atoms with Crippen molar-refractivity contribution in [3.05, 3.63) is 11.3 Å². The van der Waals surface area contributed by atoms with Gasteiger partial charge in [0.05, 0.1) is 0 Å². The summed E-state index contributed by atoms with van der Waals surface area (Å²) in [6, 6.07) is 0.765. The van der Waals surface area contributed by atoms with Crippen LogP contribution < -0.4 is 5.32 Å². The quantitative estimate of drug-likeness (QED) is 0.758. The highest BCUT2D eigenvalue weighted by molar-refractivity contribution is 5.84. The molecule has 2 heterocycles. The second kappa shape index (κ2) is 5.32. The van der Waals surface area contributed by atoms with Crippen molar-refractivity contribution in [3.63, 3.8) is 0 Å². The van der Waals surface area contributed by atoms with E-state index < -0.39 is 0 Å². The molecule has 0 atom stereocenters. The van der Waals surface area contributed by atoms with E-state index in [-0.39, 0.29) is 0 Å². The molecule has 2 rings (SSSR count). The standard InChI is InChI=1S/C14H25N3/c1-10(2)12(4)16-14-5-6-17(9-11(14)3)13-7-15-8-13/h10,13,15H,5-9H2,1-4H3. The Labute approximate surface area is 105 Å². The van der Waals surface area contributed by atoms with Crippen LogP contribution in [-0.2, 0) is 0 Å². The van der Waals surface area contributed by atoms with E-state index in [2.05, 4.69) is 37.9 Å². The molecule has 0 saturated carbocycles. The van der Waals surface area contributed by atoms with Gasteiger partial charge < -0.3 is 5.32 Å². The molecule has 17 heavy (non-hydrogen) atoms. The topological polar surface area (TPSA) is 27.6 Å². The van der Waals surface area contributed by atoms with Crippen LogP contribution in [0.15, 0.2) is 16.3 Å². The zero-order valence-electron chi connectivity index (χ0n) is 11.6. The molecule has 2 aliphatic heterocycles. The fraction of sp³-hybridized carbons (Fsp3) is 0.786. The number of nitrogens with one attached hydrogen (secondary N) is 1. The van der Waals surface area contributed by atoms with Crippen LogP contribution in [0.1, 0.15) is 34.1 Å². The summed E-state index contributed by atoms with van der Waals surface area (Å²) in [5, 5.41) is 3.35. The Balaban J connectivity index is 2.02. The van der Waals surface area contributed by atoms with Crippen LogP contribution in [0.3, 0.4) is 0 Å². The van der Waals surface area contributed by atoms with Gasteiger partial charge in [0.15, 0.2) is 0 Å². The number of rotatable bonds is 3. The predicted octanol–water partition coefficient (Wildman–Crippen LogP) is 2.05. The predicted molar refractivity (Wildman–Crippen MR) is 73.5 cm³/mol. The molecular weight excluding hydrogens is 210 g/mol. The van der Waals surface area contributed by atoms with Gasteiger partial charge >= 0.3 is 0 Å². The molecular formula is C14H25N3. The molecule has 3 nitrogen and oxygen atoms in total. The minimum absolute atomic E-state index is 0.559. The summed E-state index contributed by atoms with van der Waals surface area (Å²) >= 11 is 0. The van der Waals surface area contributed by atoms with Crippen LogP contribution in [0, 0.1) is 5.92 Å². The molecule has 0 amide bonds. The van der Waals surface area contributed by atoms with Crippen molar-refractivity contribution in [2.75, 3.05) is 26.2 Å². The van der Waals surface area contributed by atoms with Gasteiger partial charge in [-0.3, -0.25) is 9.89 Å². The fourth-order valence-corrected chi connectivity index (χ4v) is 2.27. The van der Waals surface area contributed by atoms with Crippen LogP contribution in [0.25, 0.3) is 0 Å². The van der Waals surface area contributed by atoms with E-state index in [0.29, 0.717) is 5.92 Å². The number of hydrogen-bond acceptors (Lipinski definition) is 3. The molecule has 0 aliphatic carbocycles. The lowest BCUT2D eigenvalue weighted by atomic mass is 10.0. The summed E-state index contributed by atoms with van der Waals surface area (Å²) in [4.78, 5) is 7.40. The van der Waals surface area contributed by atoms with Gasteiger partial charge in [-0.2, -0.15) is 0 Å². The Morgan fingerprint density at radius 1 is 1.41 bits per heavy atom. The van der Waals surface area contributed by atoms with Crippen LogP contribution in [0.5, 0.6) is 0 Å². The molecule has 0 aromatic rings. The molecule has 0 unspecified atom stereocenters. The molecule has 2 aliphatic rings. The highest BCUT2D eigenvalue weighted by Crippen LogP contribution is 2.22. The van der Waals surface area contributed by atoms with Gasteiger partial charge in [-0.15, -0.1) is 0 Å². The second-order valence-corrected chi connectivity index (χ2v) is 5.67. The van der Waals surface area contributed by atoms with E-state index in [9.17, 15) is 0 Å². The second-order valence-electron chi connectivity index (χ2n) is 5.67. The first kappa shape index (κ1) is 12.8. The van der Waals surface area contributed by atoms with E-state index in [1.165, 1.54) is 23.5 Å². The molecule has 0 radical (unpaired) electrons. The van der Waals surface area contributed by atoms with Gasteiger partial charge in [-0.25, -0.2) is 0 Å². The summed E-state index contributed by atoms with van der Waals surface area (Å²) in [6.45, 7) is 13.4. The van der Waals surface area contributed by atoms with Gasteiger partial charge in [0.2, 0.25) is 0 Å². The molecule has 0 bridgehead atoms. The summed E-state index contributed by atoms with van der Waals surface area (Å²) in [5.74, 6) is 0.559. The van der Waals surface area contributed by atoms with E-state index in [0.717, 1.165) is 32.1 Å². The number of nitrogens with zero attached hydrogens (tertiary/aromatic N) is 2. The molecule has 96 valence electrons. The zero-order chi connectivity index (χ0) is 12.4. The highest BCUT2D eigenvalue weighted by atomic mass is 15.2. The minimum atomic E-state index is 0.559. The van der Waals surface area contributed by atoms with Crippen molar-refractivity contribution >= 4 is 5.71 Å². The Morgan fingerprint density at radius 3 is 2.59 bits per heavy atom. The maximum Gasteiger partial charge on any atom is 0.0417 e. The first-order valence-electron chi connectivity index (χ1n) is 6.76. The maximum absolute atomic E-state index is 4.81. The maximum atomic E-state index is 4.81.